The molecule has 0 unspecified atom stereocenters. The molecular weight excluding hydrogens is 310 g/mol. The number of aromatic nitrogens is 2. The molecule has 1 aromatic rings. The van der Waals surface area contributed by atoms with Crippen LogP contribution in [0.1, 0.15) is 32.6 Å². The SMILES string of the molecule is CCn1cc(NC(=O)NC2CC(N(CC(=O)O)CC3CC3)C2)cn1. The molecule has 3 rings (SSSR count). The van der Waals surface area contributed by atoms with Gasteiger partial charge in [0.25, 0.3) is 0 Å². The topological polar surface area (TPSA) is 99.5 Å². The molecule has 2 saturated carbocycles. The number of anilines is 1. The van der Waals surface area contributed by atoms with Crippen LogP contribution in [0.15, 0.2) is 12.4 Å². The van der Waals surface area contributed by atoms with Gasteiger partial charge in [-0.15, -0.1) is 0 Å². The summed E-state index contributed by atoms with van der Waals surface area (Å²) in [6, 6.07) is 0.127. The maximum atomic E-state index is 12.0. The zero-order valence-electron chi connectivity index (χ0n) is 13.9. The summed E-state index contributed by atoms with van der Waals surface area (Å²) < 4.78 is 1.75. The number of urea groups is 1. The van der Waals surface area contributed by atoms with E-state index in [1.807, 2.05) is 6.92 Å². The van der Waals surface area contributed by atoms with Crippen molar-refractivity contribution in [3.05, 3.63) is 12.4 Å². The van der Waals surface area contributed by atoms with E-state index >= 15 is 0 Å². The average molecular weight is 335 g/mol. The molecule has 132 valence electrons. The normalized spacial score (nSPS) is 22.9. The Morgan fingerprint density at radius 1 is 1.42 bits per heavy atom. The number of hydrogen-bond acceptors (Lipinski definition) is 4. The first-order valence-corrected chi connectivity index (χ1v) is 8.59. The number of aliphatic carboxylic acids is 1. The van der Waals surface area contributed by atoms with E-state index in [0.717, 1.165) is 25.9 Å². The van der Waals surface area contributed by atoms with E-state index in [1.54, 1.807) is 17.1 Å². The Bertz CT molecular complexity index is 592. The molecule has 0 saturated heterocycles. The van der Waals surface area contributed by atoms with E-state index < -0.39 is 5.97 Å². The van der Waals surface area contributed by atoms with Gasteiger partial charge in [-0.05, 0) is 38.5 Å². The second-order valence-electron chi connectivity index (χ2n) is 6.77. The molecule has 2 fully saturated rings. The summed E-state index contributed by atoms with van der Waals surface area (Å²) >= 11 is 0. The quantitative estimate of drug-likeness (QED) is 0.666. The van der Waals surface area contributed by atoms with E-state index in [-0.39, 0.29) is 24.7 Å². The van der Waals surface area contributed by atoms with Gasteiger partial charge in [0.2, 0.25) is 0 Å². The number of aryl methyl sites for hydroxylation is 1. The highest BCUT2D eigenvalue weighted by molar-refractivity contribution is 5.89. The molecule has 0 aliphatic heterocycles. The lowest BCUT2D eigenvalue weighted by atomic mass is 9.85. The predicted molar refractivity (Wildman–Crippen MR) is 88.8 cm³/mol. The summed E-state index contributed by atoms with van der Waals surface area (Å²) in [5.41, 5.74) is 0.673. The summed E-state index contributed by atoms with van der Waals surface area (Å²) in [6.45, 7) is 3.70. The molecule has 2 aliphatic carbocycles. The summed E-state index contributed by atoms with van der Waals surface area (Å²) in [7, 11) is 0. The van der Waals surface area contributed by atoms with E-state index in [2.05, 4.69) is 20.6 Å². The van der Waals surface area contributed by atoms with Gasteiger partial charge in [-0.25, -0.2) is 4.79 Å². The number of amides is 2. The maximum Gasteiger partial charge on any atom is 0.319 e. The molecule has 0 aromatic carbocycles. The van der Waals surface area contributed by atoms with Crippen LogP contribution in [0, 0.1) is 5.92 Å². The molecule has 1 aromatic heterocycles. The molecule has 2 aliphatic rings. The van der Waals surface area contributed by atoms with Gasteiger partial charge in [-0.3, -0.25) is 14.4 Å². The first kappa shape index (κ1) is 16.8. The van der Waals surface area contributed by atoms with Crippen molar-refractivity contribution >= 4 is 17.7 Å². The summed E-state index contributed by atoms with van der Waals surface area (Å²) in [5, 5.41) is 18.9. The number of nitrogens with zero attached hydrogens (tertiary/aromatic N) is 3. The lowest BCUT2D eigenvalue weighted by Gasteiger charge is -2.42. The van der Waals surface area contributed by atoms with Crippen LogP contribution in [-0.2, 0) is 11.3 Å². The number of rotatable bonds is 8. The van der Waals surface area contributed by atoms with E-state index in [0.29, 0.717) is 11.6 Å². The van der Waals surface area contributed by atoms with Crippen LogP contribution in [0.4, 0.5) is 10.5 Å². The van der Waals surface area contributed by atoms with Gasteiger partial charge in [0.05, 0.1) is 18.4 Å². The monoisotopic (exact) mass is 335 g/mol. The lowest BCUT2D eigenvalue weighted by molar-refractivity contribution is -0.139. The predicted octanol–water partition coefficient (Wildman–Crippen LogP) is 1.35. The lowest BCUT2D eigenvalue weighted by Crippen LogP contribution is -2.55. The highest BCUT2D eigenvalue weighted by atomic mass is 16.4. The maximum absolute atomic E-state index is 12.0. The average Bonchev–Trinajstić information content (AvgIpc) is 3.18. The van der Waals surface area contributed by atoms with Crippen LogP contribution in [0.5, 0.6) is 0 Å². The molecule has 0 atom stereocenters. The fraction of sp³-hybridized carbons (Fsp3) is 0.688. The van der Waals surface area contributed by atoms with Crippen molar-refractivity contribution < 1.29 is 14.7 Å². The summed E-state index contributed by atoms with van der Waals surface area (Å²) in [6.07, 6.45) is 7.43. The van der Waals surface area contributed by atoms with Crippen LogP contribution in [0.25, 0.3) is 0 Å². The van der Waals surface area contributed by atoms with E-state index in [9.17, 15) is 9.59 Å². The van der Waals surface area contributed by atoms with E-state index in [1.165, 1.54) is 12.8 Å². The summed E-state index contributed by atoms with van der Waals surface area (Å²) in [5.74, 6) is -0.118. The first-order chi connectivity index (χ1) is 11.5. The molecule has 3 N–H and O–H groups in total. The third kappa shape index (κ3) is 4.47. The molecule has 8 nitrogen and oxygen atoms in total. The summed E-state index contributed by atoms with van der Waals surface area (Å²) in [4.78, 5) is 25.1. The number of carbonyl (C=O) groups excluding carboxylic acids is 1. The van der Waals surface area contributed by atoms with Crippen LogP contribution in [-0.4, -0.2) is 57.0 Å². The number of carboxylic acids is 1. The first-order valence-electron chi connectivity index (χ1n) is 8.59. The third-order valence-electron chi connectivity index (χ3n) is 4.71. The second-order valence-corrected chi connectivity index (χ2v) is 6.77. The minimum absolute atomic E-state index is 0.0935. The smallest absolute Gasteiger partial charge is 0.319 e. The Balaban J connectivity index is 1.41. The van der Waals surface area contributed by atoms with Crippen molar-refractivity contribution in [3.8, 4) is 0 Å². The number of hydrogen-bond donors (Lipinski definition) is 3. The van der Waals surface area contributed by atoms with Gasteiger partial charge < -0.3 is 15.7 Å². The molecular formula is C16H25N5O3. The largest absolute Gasteiger partial charge is 0.480 e. The molecule has 24 heavy (non-hydrogen) atoms. The zero-order chi connectivity index (χ0) is 17.1. The highest BCUT2D eigenvalue weighted by Gasteiger charge is 2.37. The Kier molecular flexibility index (Phi) is 5.03. The standard InChI is InChI=1S/C16H25N5O3/c1-2-21-9-13(7-17-21)19-16(24)18-12-5-14(6-12)20(10-15(22)23)8-11-3-4-11/h7,9,11-12,14H,2-6,8,10H2,1H3,(H,22,23)(H2,18,19,24). The molecule has 0 radical (unpaired) electrons. The second kappa shape index (κ2) is 7.21. The molecule has 0 spiro atoms. The Morgan fingerprint density at radius 2 is 2.17 bits per heavy atom. The van der Waals surface area contributed by atoms with Crippen molar-refractivity contribution in [1.82, 2.24) is 20.0 Å². The fourth-order valence-corrected chi connectivity index (χ4v) is 3.11. The minimum atomic E-state index is -0.780. The molecule has 2 amide bonds. The van der Waals surface area contributed by atoms with Gasteiger partial charge in [0.15, 0.2) is 0 Å². The highest BCUT2D eigenvalue weighted by Crippen LogP contribution is 2.33. The Labute approximate surface area is 141 Å². The zero-order valence-corrected chi connectivity index (χ0v) is 13.9. The van der Waals surface area contributed by atoms with Gasteiger partial charge in [0, 0.05) is 31.4 Å². The van der Waals surface area contributed by atoms with Gasteiger partial charge >= 0.3 is 12.0 Å². The van der Waals surface area contributed by atoms with Crippen LogP contribution >= 0.6 is 0 Å². The minimum Gasteiger partial charge on any atom is -0.480 e. The number of carboxylic acid groups (broad SMARTS) is 1. The molecule has 0 bridgehead atoms. The van der Waals surface area contributed by atoms with Crippen molar-refractivity contribution in [3.63, 3.8) is 0 Å². The molecule has 1 heterocycles. The van der Waals surface area contributed by atoms with Gasteiger partial charge in [-0.2, -0.15) is 5.10 Å². The van der Waals surface area contributed by atoms with Crippen LogP contribution in [0.2, 0.25) is 0 Å². The Morgan fingerprint density at radius 3 is 2.75 bits per heavy atom. The number of carbonyl (C=O) groups is 2. The van der Waals surface area contributed by atoms with Crippen molar-refractivity contribution in [2.45, 2.75) is 51.2 Å². The third-order valence-corrected chi connectivity index (χ3v) is 4.71. The fourth-order valence-electron chi connectivity index (χ4n) is 3.11. The van der Waals surface area contributed by atoms with Crippen LogP contribution in [0.3, 0.4) is 0 Å². The number of nitrogens with one attached hydrogen (secondary N) is 2. The van der Waals surface area contributed by atoms with Crippen molar-refractivity contribution in [1.29, 1.82) is 0 Å². The van der Waals surface area contributed by atoms with Gasteiger partial charge in [0.1, 0.15) is 0 Å². The van der Waals surface area contributed by atoms with Crippen LogP contribution < -0.4 is 10.6 Å². The van der Waals surface area contributed by atoms with Crippen molar-refractivity contribution in [2.24, 2.45) is 5.92 Å². The van der Waals surface area contributed by atoms with E-state index in [4.69, 9.17) is 5.11 Å². The Hall–Kier alpha value is -2.09. The van der Waals surface area contributed by atoms with Gasteiger partial charge in [-0.1, -0.05) is 0 Å². The molecule has 8 heteroatoms. The van der Waals surface area contributed by atoms with Crippen molar-refractivity contribution in [2.75, 3.05) is 18.4 Å².